The zero-order valence-electron chi connectivity index (χ0n) is 11.9. The van der Waals surface area contributed by atoms with Crippen LogP contribution in [0.4, 0.5) is 0 Å². The first kappa shape index (κ1) is 13.1. The summed E-state index contributed by atoms with van der Waals surface area (Å²) in [7, 11) is 0. The highest BCUT2D eigenvalue weighted by Crippen LogP contribution is 2.34. The van der Waals surface area contributed by atoms with Gasteiger partial charge in [0.05, 0.1) is 0 Å². The van der Waals surface area contributed by atoms with Crippen molar-refractivity contribution in [3.05, 3.63) is 35.4 Å². The zero-order valence-corrected chi connectivity index (χ0v) is 11.9. The molecule has 0 bridgehead atoms. The van der Waals surface area contributed by atoms with Gasteiger partial charge in [0.25, 0.3) is 0 Å². The van der Waals surface area contributed by atoms with Crippen LogP contribution in [0.2, 0.25) is 0 Å². The topological polar surface area (TPSA) is 29.3 Å². The molecular weight excluding hydrogens is 232 g/mol. The third-order valence-electron chi connectivity index (χ3n) is 4.35. The second kappa shape index (κ2) is 6.06. The Morgan fingerprint density at radius 3 is 2.05 bits per heavy atom. The SMILES string of the molecule is NCCc1ccccc1CN(CC1CC1)CC1CC1. The standard InChI is InChI=1S/C17H26N2/c18-10-9-16-3-1-2-4-17(16)13-19(11-14-5-6-14)12-15-7-8-15/h1-4,14-15H,5-13,18H2. The van der Waals surface area contributed by atoms with Crippen LogP contribution in [0.25, 0.3) is 0 Å². The summed E-state index contributed by atoms with van der Waals surface area (Å²) < 4.78 is 0. The second-order valence-corrected chi connectivity index (χ2v) is 6.39. The summed E-state index contributed by atoms with van der Waals surface area (Å²) in [6.45, 7) is 4.51. The quantitative estimate of drug-likeness (QED) is 0.777. The van der Waals surface area contributed by atoms with Gasteiger partial charge in [-0.1, -0.05) is 24.3 Å². The molecule has 1 aromatic carbocycles. The van der Waals surface area contributed by atoms with E-state index in [1.54, 1.807) is 0 Å². The minimum Gasteiger partial charge on any atom is -0.330 e. The Morgan fingerprint density at radius 2 is 1.53 bits per heavy atom. The molecular formula is C17H26N2. The van der Waals surface area contributed by atoms with Crippen LogP contribution in [0.1, 0.15) is 36.8 Å². The van der Waals surface area contributed by atoms with Crippen LogP contribution in [-0.4, -0.2) is 24.5 Å². The Kier molecular flexibility index (Phi) is 4.19. The lowest BCUT2D eigenvalue weighted by Gasteiger charge is -2.23. The van der Waals surface area contributed by atoms with Crippen molar-refractivity contribution in [2.75, 3.05) is 19.6 Å². The number of benzene rings is 1. The van der Waals surface area contributed by atoms with Crippen LogP contribution in [0.5, 0.6) is 0 Å². The molecule has 0 aromatic heterocycles. The molecule has 2 N–H and O–H groups in total. The molecule has 0 amide bonds. The van der Waals surface area contributed by atoms with E-state index in [-0.39, 0.29) is 0 Å². The molecule has 2 saturated carbocycles. The number of nitrogens with two attached hydrogens (primary N) is 1. The monoisotopic (exact) mass is 258 g/mol. The van der Waals surface area contributed by atoms with Gasteiger partial charge in [-0.05, 0) is 61.6 Å². The van der Waals surface area contributed by atoms with E-state index < -0.39 is 0 Å². The van der Waals surface area contributed by atoms with Crippen molar-refractivity contribution in [1.82, 2.24) is 4.90 Å². The van der Waals surface area contributed by atoms with E-state index in [4.69, 9.17) is 5.73 Å². The van der Waals surface area contributed by atoms with Gasteiger partial charge >= 0.3 is 0 Å². The van der Waals surface area contributed by atoms with E-state index in [9.17, 15) is 0 Å². The van der Waals surface area contributed by atoms with E-state index in [0.29, 0.717) is 0 Å². The molecule has 0 atom stereocenters. The minimum absolute atomic E-state index is 0.752. The van der Waals surface area contributed by atoms with Gasteiger partial charge in [-0.3, -0.25) is 4.90 Å². The molecule has 0 aliphatic heterocycles. The third kappa shape index (κ3) is 4.05. The molecule has 2 aliphatic rings. The smallest absolute Gasteiger partial charge is 0.0236 e. The Labute approximate surface area is 117 Å². The Morgan fingerprint density at radius 1 is 0.947 bits per heavy atom. The van der Waals surface area contributed by atoms with Crippen LogP contribution in [0, 0.1) is 11.8 Å². The highest BCUT2D eigenvalue weighted by molar-refractivity contribution is 5.27. The molecule has 104 valence electrons. The van der Waals surface area contributed by atoms with Crippen LogP contribution in [-0.2, 0) is 13.0 Å². The largest absolute Gasteiger partial charge is 0.330 e. The number of rotatable bonds is 8. The summed E-state index contributed by atoms with van der Waals surface area (Å²) >= 11 is 0. The van der Waals surface area contributed by atoms with Gasteiger partial charge in [-0.25, -0.2) is 0 Å². The molecule has 0 saturated heterocycles. The summed E-state index contributed by atoms with van der Waals surface area (Å²) in [5.41, 5.74) is 8.67. The van der Waals surface area contributed by atoms with Gasteiger partial charge in [0.1, 0.15) is 0 Å². The van der Waals surface area contributed by atoms with Crippen molar-refractivity contribution in [2.45, 2.75) is 38.6 Å². The average Bonchev–Trinajstić information content (AvgIpc) is 3.28. The van der Waals surface area contributed by atoms with Gasteiger partial charge in [-0.15, -0.1) is 0 Å². The summed E-state index contributed by atoms with van der Waals surface area (Å²) in [4.78, 5) is 2.70. The molecule has 3 rings (SSSR count). The Hall–Kier alpha value is -0.860. The second-order valence-electron chi connectivity index (χ2n) is 6.39. The number of nitrogens with zero attached hydrogens (tertiary/aromatic N) is 1. The molecule has 0 spiro atoms. The summed E-state index contributed by atoms with van der Waals surface area (Å²) in [6, 6.07) is 8.84. The van der Waals surface area contributed by atoms with Crippen LogP contribution in [0.3, 0.4) is 0 Å². The van der Waals surface area contributed by atoms with Gasteiger partial charge in [0, 0.05) is 19.6 Å². The summed E-state index contributed by atoms with van der Waals surface area (Å²) in [6.07, 6.45) is 6.81. The lowest BCUT2D eigenvalue weighted by molar-refractivity contribution is 0.243. The van der Waals surface area contributed by atoms with Gasteiger partial charge in [-0.2, -0.15) is 0 Å². The third-order valence-corrected chi connectivity index (χ3v) is 4.35. The maximum absolute atomic E-state index is 5.73. The molecule has 0 heterocycles. The van der Waals surface area contributed by atoms with Crippen molar-refractivity contribution >= 4 is 0 Å². The molecule has 2 heteroatoms. The minimum atomic E-state index is 0.752. The van der Waals surface area contributed by atoms with Gasteiger partial charge in [0.2, 0.25) is 0 Å². The van der Waals surface area contributed by atoms with E-state index in [2.05, 4.69) is 29.2 Å². The highest BCUT2D eigenvalue weighted by atomic mass is 15.1. The lowest BCUT2D eigenvalue weighted by atomic mass is 10.0. The van der Waals surface area contributed by atoms with E-state index in [0.717, 1.165) is 31.3 Å². The maximum Gasteiger partial charge on any atom is 0.0236 e. The fourth-order valence-electron chi connectivity index (χ4n) is 2.89. The van der Waals surface area contributed by atoms with Crippen molar-refractivity contribution in [1.29, 1.82) is 0 Å². The molecule has 19 heavy (non-hydrogen) atoms. The van der Waals surface area contributed by atoms with Crippen molar-refractivity contribution < 1.29 is 0 Å². The average molecular weight is 258 g/mol. The first-order valence-corrected chi connectivity index (χ1v) is 7.84. The zero-order chi connectivity index (χ0) is 13.1. The predicted octanol–water partition coefficient (Wildman–Crippen LogP) is 2.81. The molecule has 1 aromatic rings. The Bertz CT molecular complexity index is 393. The maximum atomic E-state index is 5.73. The fraction of sp³-hybridized carbons (Fsp3) is 0.647. The van der Waals surface area contributed by atoms with Crippen LogP contribution < -0.4 is 5.73 Å². The van der Waals surface area contributed by atoms with E-state index in [1.807, 2.05) is 0 Å². The first-order valence-electron chi connectivity index (χ1n) is 7.84. The van der Waals surface area contributed by atoms with Crippen molar-refractivity contribution in [2.24, 2.45) is 17.6 Å². The fourth-order valence-corrected chi connectivity index (χ4v) is 2.89. The van der Waals surface area contributed by atoms with Gasteiger partial charge in [0.15, 0.2) is 0 Å². The van der Waals surface area contributed by atoms with Crippen molar-refractivity contribution in [3.63, 3.8) is 0 Å². The molecule has 0 radical (unpaired) electrons. The van der Waals surface area contributed by atoms with Crippen molar-refractivity contribution in [3.8, 4) is 0 Å². The van der Waals surface area contributed by atoms with E-state index in [1.165, 1.54) is 49.9 Å². The van der Waals surface area contributed by atoms with Crippen LogP contribution >= 0.6 is 0 Å². The lowest BCUT2D eigenvalue weighted by Crippen LogP contribution is -2.28. The molecule has 2 aliphatic carbocycles. The summed E-state index contributed by atoms with van der Waals surface area (Å²) in [5, 5.41) is 0. The van der Waals surface area contributed by atoms with E-state index >= 15 is 0 Å². The van der Waals surface area contributed by atoms with Crippen LogP contribution in [0.15, 0.2) is 24.3 Å². The first-order chi connectivity index (χ1) is 9.35. The summed E-state index contributed by atoms with van der Waals surface area (Å²) in [5.74, 6) is 1.97. The molecule has 2 nitrogen and oxygen atoms in total. The normalized spacial score (nSPS) is 19.1. The molecule has 2 fully saturated rings. The highest BCUT2D eigenvalue weighted by Gasteiger charge is 2.29. The van der Waals surface area contributed by atoms with Gasteiger partial charge < -0.3 is 5.73 Å². The molecule has 0 unspecified atom stereocenters. The Balaban J connectivity index is 1.64. The predicted molar refractivity (Wildman–Crippen MR) is 79.9 cm³/mol. The number of hydrogen-bond acceptors (Lipinski definition) is 2. The number of hydrogen-bond donors (Lipinski definition) is 1.